The van der Waals surface area contributed by atoms with Gasteiger partial charge in [-0.25, -0.2) is 0 Å². The Balaban J connectivity index is 2.17. The maximum Gasteiger partial charge on any atom is 0.265 e. The van der Waals surface area contributed by atoms with Gasteiger partial charge in [-0.2, -0.15) is 20.2 Å². The lowest BCUT2D eigenvalue weighted by Crippen LogP contribution is -2.08. The van der Waals surface area contributed by atoms with Crippen molar-refractivity contribution in [2.24, 2.45) is 0 Å². The second-order valence-corrected chi connectivity index (χ2v) is 6.04. The van der Waals surface area contributed by atoms with Crippen LogP contribution < -0.4 is 0 Å². The Morgan fingerprint density at radius 1 is 1.54 bits per heavy atom. The molecule has 0 aromatic carbocycles. The van der Waals surface area contributed by atoms with Gasteiger partial charge in [0.2, 0.25) is 0 Å². The molecule has 0 amide bonds. The van der Waals surface area contributed by atoms with Crippen LogP contribution in [0.15, 0.2) is 0 Å². The lowest BCUT2D eigenvalue weighted by molar-refractivity contribution is -0.117. The van der Waals surface area contributed by atoms with E-state index in [2.05, 4.69) is 0 Å². The Kier molecular flexibility index (Phi) is 3.75. The van der Waals surface area contributed by atoms with E-state index in [1.54, 1.807) is 0 Å². The fraction of sp³-hybridized carbons (Fsp3) is 0.857. The van der Waals surface area contributed by atoms with Gasteiger partial charge < -0.3 is 0 Å². The number of carbonyl (C=O) groups is 1. The topological polar surface area (TPSA) is 71.4 Å². The first-order valence-electron chi connectivity index (χ1n) is 4.06. The maximum absolute atomic E-state index is 10.8. The fourth-order valence-corrected chi connectivity index (χ4v) is 3.39. The van der Waals surface area contributed by atoms with Gasteiger partial charge in [0.1, 0.15) is 5.78 Å². The van der Waals surface area contributed by atoms with Crippen LogP contribution in [0.3, 0.4) is 0 Å². The predicted octanol–water partition coefficient (Wildman–Crippen LogP) is 0.729. The zero-order valence-corrected chi connectivity index (χ0v) is 8.73. The van der Waals surface area contributed by atoms with E-state index in [1.807, 2.05) is 0 Å². The summed E-state index contributed by atoms with van der Waals surface area (Å²) in [5.41, 5.74) is 0. The van der Waals surface area contributed by atoms with Crippen LogP contribution in [-0.4, -0.2) is 35.5 Å². The minimum absolute atomic E-state index is 0.220. The summed E-state index contributed by atoms with van der Waals surface area (Å²) in [7, 11) is -3.84. The molecule has 13 heavy (non-hydrogen) atoms. The van der Waals surface area contributed by atoms with E-state index in [9.17, 15) is 13.2 Å². The Bertz CT molecular complexity index is 283. The molecule has 1 N–H and O–H groups in total. The number of ketones is 1. The molecule has 0 aliphatic heterocycles. The third-order valence-corrected chi connectivity index (χ3v) is 4.19. The summed E-state index contributed by atoms with van der Waals surface area (Å²) < 4.78 is 29.1. The van der Waals surface area contributed by atoms with Crippen LogP contribution in [-0.2, 0) is 14.9 Å². The molecule has 6 heteroatoms. The van der Waals surface area contributed by atoms with Crippen molar-refractivity contribution < 1.29 is 17.8 Å². The van der Waals surface area contributed by atoms with E-state index in [-0.39, 0.29) is 16.8 Å². The molecule has 76 valence electrons. The van der Waals surface area contributed by atoms with Crippen LogP contribution in [0.5, 0.6) is 0 Å². The van der Waals surface area contributed by atoms with Gasteiger partial charge in [-0.15, -0.1) is 0 Å². The molecule has 0 bridgehead atoms. The van der Waals surface area contributed by atoms with Gasteiger partial charge >= 0.3 is 0 Å². The molecule has 1 aliphatic rings. The van der Waals surface area contributed by atoms with Crippen LogP contribution in [0.4, 0.5) is 0 Å². The van der Waals surface area contributed by atoms with Gasteiger partial charge in [0.05, 0.1) is 5.75 Å². The molecular weight excluding hydrogens is 212 g/mol. The minimum Gasteiger partial charge on any atom is -0.300 e. The number of thioether (sulfide) groups is 1. The molecule has 1 fully saturated rings. The van der Waals surface area contributed by atoms with Gasteiger partial charge in [-0.1, -0.05) is 0 Å². The largest absolute Gasteiger partial charge is 0.300 e. The van der Waals surface area contributed by atoms with Crippen molar-refractivity contribution in [3.63, 3.8) is 0 Å². The van der Waals surface area contributed by atoms with Crippen molar-refractivity contribution in [3.05, 3.63) is 0 Å². The monoisotopic (exact) mass is 224 g/mol. The molecule has 0 aromatic heterocycles. The van der Waals surface area contributed by atoms with Crippen molar-refractivity contribution in [3.8, 4) is 0 Å². The first-order valence-corrected chi connectivity index (χ1v) is 6.71. The molecule has 0 saturated heterocycles. The maximum atomic E-state index is 10.8. The Morgan fingerprint density at radius 2 is 2.23 bits per heavy atom. The molecule has 0 radical (unpaired) electrons. The second kappa shape index (κ2) is 4.43. The van der Waals surface area contributed by atoms with Crippen molar-refractivity contribution in [1.29, 1.82) is 0 Å². The molecule has 1 rings (SSSR count). The third kappa shape index (κ3) is 4.64. The van der Waals surface area contributed by atoms with Crippen LogP contribution >= 0.6 is 11.8 Å². The van der Waals surface area contributed by atoms with E-state index < -0.39 is 10.1 Å². The molecule has 4 nitrogen and oxygen atoms in total. The van der Waals surface area contributed by atoms with Crippen molar-refractivity contribution in [2.45, 2.75) is 24.5 Å². The van der Waals surface area contributed by atoms with E-state index in [1.165, 1.54) is 11.8 Å². The summed E-state index contributed by atoms with van der Waals surface area (Å²) in [4.78, 5) is 10.8. The van der Waals surface area contributed by atoms with E-state index in [0.29, 0.717) is 18.6 Å². The molecule has 1 saturated carbocycles. The molecule has 1 aliphatic carbocycles. The van der Waals surface area contributed by atoms with Crippen molar-refractivity contribution in [1.82, 2.24) is 0 Å². The molecular formula is C7H12O4S2. The summed E-state index contributed by atoms with van der Waals surface area (Å²) in [5.74, 6) is 0.406. The summed E-state index contributed by atoms with van der Waals surface area (Å²) in [6.07, 6.45) is 2.01. The number of hydrogen-bond acceptors (Lipinski definition) is 4. The van der Waals surface area contributed by atoms with Crippen molar-refractivity contribution >= 4 is 27.7 Å². The standard InChI is InChI=1S/C7H12O4S2/c8-6-1-2-7(5-6)12-3-4-13(9,10)11/h7H,1-5H2,(H,9,10,11). The average molecular weight is 224 g/mol. The van der Waals surface area contributed by atoms with Gasteiger partial charge in [-0.3, -0.25) is 9.35 Å². The highest BCUT2D eigenvalue weighted by Crippen LogP contribution is 2.27. The van der Waals surface area contributed by atoms with Crippen molar-refractivity contribution in [2.75, 3.05) is 11.5 Å². The second-order valence-electron chi connectivity index (χ2n) is 3.06. The Labute approximate surface area is 81.8 Å². The molecule has 0 aromatic rings. The Morgan fingerprint density at radius 3 is 2.69 bits per heavy atom. The summed E-state index contributed by atoms with van der Waals surface area (Å²) in [5, 5.41) is 0.259. The highest BCUT2D eigenvalue weighted by atomic mass is 32.2. The first-order chi connectivity index (χ1) is 5.97. The molecule has 0 heterocycles. The van der Waals surface area contributed by atoms with Gasteiger partial charge in [0.25, 0.3) is 10.1 Å². The van der Waals surface area contributed by atoms with Crippen LogP contribution in [0.2, 0.25) is 0 Å². The quantitative estimate of drug-likeness (QED) is 0.713. The van der Waals surface area contributed by atoms with E-state index >= 15 is 0 Å². The molecule has 0 spiro atoms. The van der Waals surface area contributed by atoms with E-state index in [0.717, 1.165) is 6.42 Å². The first kappa shape index (κ1) is 11.0. The highest BCUT2D eigenvalue weighted by Gasteiger charge is 2.22. The lowest BCUT2D eigenvalue weighted by Gasteiger charge is -2.05. The molecule has 1 unspecified atom stereocenters. The predicted molar refractivity (Wildman–Crippen MR) is 51.5 cm³/mol. The van der Waals surface area contributed by atoms with Crippen LogP contribution in [0.25, 0.3) is 0 Å². The average Bonchev–Trinajstić information content (AvgIpc) is 2.33. The SMILES string of the molecule is O=C1CCC(SCCS(=O)(=O)O)C1. The Hall–Kier alpha value is -0.0700. The zero-order chi connectivity index (χ0) is 9.90. The third-order valence-electron chi connectivity index (χ3n) is 1.90. The zero-order valence-electron chi connectivity index (χ0n) is 7.10. The lowest BCUT2D eigenvalue weighted by atomic mass is 10.4. The van der Waals surface area contributed by atoms with Gasteiger partial charge in [0.15, 0.2) is 0 Å². The highest BCUT2D eigenvalue weighted by molar-refractivity contribution is 8.00. The summed E-state index contributed by atoms with van der Waals surface area (Å²) in [6.45, 7) is 0. The number of rotatable bonds is 4. The van der Waals surface area contributed by atoms with E-state index in [4.69, 9.17) is 4.55 Å². The summed E-state index contributed by atoms with van der Waals surface area (Å²) in [6, 6.07) is 0. The normalized spacial score (nSPS) is 23.8. The van der Waals surface area contributed by atoms with Gasteiger partial charge in [-0.05, 0) is 6.42 Å². The number of Topliss-reactive ketones (excluding diaryl/α,β-unsaturated/α-hetero) is 1. The molecule has 1 atom stereocenters. The smallest absolute Gasteiger partial charge is 0.265 e. The minimum atomic E-state index is -3.84. The number of hydrogen-bond donors (Lipinski definition) is 1. The van der Waals surface area contributed by atoms with Crippen LogP contribution in [0, 0.1) is 0 Å². The number of carbonyl (C=O) groups excluding carboxylic acids is 1. The van der Waals surface area contributed by atoms with Gasteiger partial charge in [0, 0.05) is 23.8 Å². The summed E-state index contributed by atoms with van der Waals surface area (Å²) >= 11 is 1.45. The van der Waals surface area contributed by atoms with Crippen LogP contribution in [0.1, 0.15) is 19.3 Å². The fourth-order valence-electron chi connectivity index (χ4n) is 1.24.